The molecule has 4 N–H and O–H groups in total. The highest BCUT2D eigenvalue weighted by Crippen LogP contribution is 2.43. The molecule has 9 heteroatoms. The highest BCUT2D eigenvalue weighted by atomic mass is 32.2. The number of ketones is 1. The summed E-state index contributed by atoms with van der Waals surface area (Å²) in [6, 6.07) is 4.45. The molecule has 3 atom stereocenters. The molecule has 3 unspecified atom stereocenters. The van der Waals surface area contributed by atoms with E-state index < -0.39 is 0 Å². The molecular weight excluding hydrogens is 364 g/mol. The average Bonchev–Trinajstić information content (AvgIpc) is 3.35. The van der Waals surface area contributed by atoms with Gasteiger partial charge in [0, 0.05) is 35.6 Å². The van der Waals surface area contributed by atoms with E-state index in [4.69, 9.17) is 4.42 Å². The van der Waals surface area contributed by atoms with Crippen LogP contribution >= 0.6 is 11.8 Å². The molecule has 0 aromatic carbocycles. The summed E-state index contributed by atoms with van der Waals surface area (Å²) >= 11 is 1.48. The van der Waals surface area contributed by atoms with Crippen molar-refractivity contribution in [3.63, 3.8) is 0 Å². The van der Waals surface area contributed by atoms with Gasteiger partial charge < -0.3 is 20.4 Å². The van der Waals surface area contributed by atoms with E-state index in [0.717, 1.165) is 38.7 Å². The fourth-order valence-electron chi connectivity index (χ4n) is 3.66. The van der Waals surface area contributed by atoms with Crippen molar-refractivity contribution in [1.29, 1.82) is 0 Å². The Morgan fingerprint density at radius 1 is 1.26 bits per heavy atom. The van der Waals surface area contributed by atoms with Crippen LogP contribution in [0.3, 0.4) is 0 Å². The summed E-state index contributed by atoms with van der Waals surface area (Å²) in [5.74, 6) is 1.31. The zero-order chi connectivity index (χ0) is 18.5. The lowest BCUT2D eigenvalue weighted by molar-refractivity contribution is -0.115. The molecule has 0 spiro atoms. The van der Waals surface area contributed by atoms with E-state index in [1.165, 1.54) is 11.8 Å². The number of hydrogen-bond donors (Lipinski definition) is 4. The molecule has 140 valence electrons. The number of fused-ring (bicyclic) bond motifs is 1. The zero-order valence-electron chi connectivity index (χ0n) is 15.0. The first-order valence-corrected chi connectivity index (χ1v) is 9.81. The van der Waals surface area contributed by atoms with Gasteiger partial charge in [-0.05, 0) is 37.7 Å². The first-order valence-electron chi connectivity index (χ1n) is 8.99. The highest BCUT2D eigenvalue weighted by molar-refractivity contribution is 8.13. The van der Waals surface area contributed by atoms with Gasteiger partial charge >= 0.3 is 0 Å². The summed E-state index contributed by atoms with van der Waals surface area (Å²) in [5, 5.41) is 18.5. The fourth-order valence-corrected chi connectivity index (χ4v) is 4.59. The van der Waals surface area contributed by atoms with Gasteiger partial charge in [-0.2, -0.15) is 5.10 Å². The molecule has 0 saturated heterocycles. The number of furan rings is 1. The minimum absolute atomic E-state index is 0.0793. The Morgan fingerprint density at radius 3 is 2.96 bits per heavy atom. The second-order valence-electron chi connectivity index (χ2n) is 7.03. The summed E-state index contributed by atoms with van der Waals surface area (Å²) in [4.78, 5) is 17.2. The maximum absolute atomic E-state index is 12.6. The standard InChI is InChI=1S/C18H20N6O2S/c1-8-9(2)22-18(21-8)27-14-4-3-13(26-14)15-10-5-20-24-17(10)23-11-6-19-7-12(25)16(11)15/h3-5,8-9,15,19H,6-7H2,1-2H3,(H,21,22)(H2,20,23,24). The summed E-state index contributed by atoms with van der Waals surface area (Å²) in [6.45, 7) is 5.15. The number of hydrogen-bond acceptors (Lipinski definition) is 8. The Balaban J connectivity index is 1.49. The van der Waals surface area contributed by atoms with E-state index in [1.54, 1.807) is 0 Å². The molecular formula is C18H20N6O2S. The predicted molar refractivity (Wildman–Crippen MR) is 103 cm³/mol. The average molecular weight is 384 g/mol. The monoisotopic (exact) mass is 384 g/mol. The highest BCUT2D eigenvalue weighted by Gasteiger charge is 2.38. The second kappa shape index (κ2) is 6.28. The van der Waals surface area contributed by atoms with Crippen LogP contribution in [-0.2, 0) is 4.79 Å². The van der Waals surface area contributed by atoms with Gasteiger partial charge in [0.2, 0.25) is 0 Å². The third-order valence-electron chi connectivity index (χ3n) is 5.23. The van der Waals surface area contributed by atoms with Crippen molar-refractivity contribution in [1.82, 2.24) is 20.8 Å². The van der Waals surface area contributed by atoms with Gasteiger partial charge in [0.15, 0.2) is 21.9 Å². The van der Waals surface area contributed by atoms with E-state index in [0.29, 0.717) is 19.1 Å². The van der Waals surface area contributed by atoms with E-state index in [1.807, 2.05) is 18.3 Å². The number of H-pyrrole nitrogens is 1. The largest absolute Gasteiger partial charge is 0.453 e. The molecule has 2 aromatic heterocycles. The quantitative estimate of drug-likeness (QED) is 0.625. The number of rotatable bonds is 2. The van der Waals surface area contributed by atoms with E-state index in [9.17, 15) is 4.79 Å². The molecule has 27 heavy (non-hydrogen) atoms. The van der Waals surface area contributed by atoms with Crippen molar-refractivity contribution in [2.24, 2.45) is 4.99 Å². The molecule has 0 aliphatic carbocycles. The van der Waals surface area contributed by atoms with Gasteiger partial charge in [0.1, 0.15) is 5.76 Å². The predicted octanol–water partition coefficient (Wildman–Crippen LogP) is 1.81. The van der Waals surface area contributed by atoms with Crippen molar-refractivity contribution in [3.05, 3.63) is 40.9 Å². The molecule has 3 aliphatic rings. The number of nitrogens with zero attached hydrogens (tertiary/aromatic N) is 2. The SMILES string of the molecule is CC1N=C(Sc2ccc(C3C4=C(CNCC4=O)Nc4n[nH]cc43)o2)NC1C. The first-order chi connectivity index (χ1) is 13.1. The normalized spacial score (nSPS) is 27.0. The van der Waals surface area contributed by atoms with E-state index >= 15 is 0 Å². The lowest BCUT2D eigenvalue weighted by Gasteiger charge is -2.30. The molecule has 0 fully saturated rings. The second-order valence-corrected chi connectivity index (χ2v) is 8.03. The van der Waals surface area contributed by atoms with Crippen molar-refractivity contribution >= 4 is 28.5 Å². The number of thioether (sulfide) groups is 1. The van der Waals surface area contributed by atoms with Crippen LogP contribution in [-0.4, -0.2) is 46.3 Å². The molecule has 0 amide bonds. The lowest BCUT2D eigenvalue weighted by Crippen LogP contribution is -2.39. The number of carbonyl (C=O) groups is 1. The Morgan fingerprint density at radius 2 is 2.15 bits per heavy atom. The van der Waals surface area contributed by atoms with Gasteiger partial charge in [0.25, 0.3) is 0 Å². The van der Waals surface area contributed by atoms with E-state index in [-0.39, 0.29) is 17.7 Å². The smallest absolute Gasteiger partial charge is 0.175 e. The van der Waals surface area contributed by atoms with Crippen LogP contribution in [0.4, 0.5) is 5.82 Å². The zero-order valence-corrected chi connectivity index (χ0v) is 15.8. The Labute approximate surface area is 160 Å². The van der Waals surface area contributed by atoms with Gasteiger partial charge in [0.05, 0.1) is 18.5 Å². The molecule has 3 aliphatic heterocycles. The van der Waals surface area contributed by atoms with Crippen LogP contribution in [0.5, 0.6) is 0 Å². The Kier molecular flexibility index (Phi) is 3.87. The van der Waals surface area contributed by atoms with Crippen LogP contribution in [0.1, 0.15) is 31.1 Å². The van der Waals surface area contributed by atoms with Crippen LogP contribution in [0.25, 0.3) is 0 Å². The van der Waals surface area contributed by atoms with E-state index in [2.05, 4.69) is 45.0 Å². The molecule has 5 rings (SSSR count). The molecule has 0 radical (unpaired) electrons. The van der Waals surface area contributed by atoms with Gasteiger partial charge in [-0.25, -0.2) is 0 Å². The molecule has 5 heterocycles. The number of Topliss-reactive ketones (excluding diaryl/α,β-unsaturated/α-hetero) is 1. The minimum Gasteiger partial charge on any atom is -0.453 e. The van der Waals surface area contributed by atoms with Crippen molar-refractivity contribution in [2.45, 2.75) is 36.9 Å². The number of aromatic nitrogens is 2. The first kappa shape index (κ1) is 16.6. The number of anilines is 1. The molecule has 8 nitrogen and oxygen atoms in total. The maximum Gasteiger partial charge on any atom is 0.175 e. The maximum atomic E-state index is 12.6. The summed E-state index contributed by atoms with van der Waals surface area (Å²) in [7, 11) is 0. The van der Waals surface area contributed by atoms with Crippen LogP contribution < -0.4 is 16.0 Å². The molecule has 0 bridgehead atoms. The van der Waals surface area contributed by atoms with Crippen molar-refractivity contribution < 1.29 is 9.21 Å². The number of nitrogens with one attached hydrogen (secondary N) is 4. The van der Waals surface area contributed by atoms with Crippen LogP contribution in [0.2, 0.25) is 0 Å². The summed E-state index contributed by atoms with van der Waals surface area (Å²) in [6.07, 6.45) is 1.83. The number of aliphatic imine (C=N–C) groups is 1. The van der Waals surface area contributed by atoms with Gasteiger partial charge in [-0.15, -0.1) is 0 Å². The van der Waals surface area contributed by atoms with Gasteiger partial charge in [-0.1, -0.05) is 0 Å². The fraction of sp³-hybridized carbons (Fsp3) is 0.389. The summed E-state index contributed by atoms with van der Waals surface area (Å²) < 4.78 is 6.15. The lowest BCUT2D eigenvalue weighted by atomic mass is 9.82. The van der Waals surface area contributed by atoms with Crippen molar-refractivity contribution in [3.8, 4) is 0 Å². The van der Waals surface area contributed by atoms with Crippen molar-refractivity contribution in [2.75, 3.05) is 18.4 Å². The van der Waals surface area contributed by atoms with Gasteiger partial charge in [-0.3, -0.25) is 14.9 Å². The third kappa shape index (κ3) is 2.78. The number of amidine groups is 1. The number of carbonyl (C=O) groups excluding carboxylic acids is 1. The Hall–Kier alpha value is -2.52. The number of aromatic amines is 1. The molecule has 2 aromatic rings. The minimum atomic E-state index is -0.254. The Bertz CT molecular complexity index is 974. The van der Waals surface area contributed by atoms with Crippen LogP contribution in [0, 0.1) is 0 Å². The third-order valence-corrected chi connectivity index (χ3v) is 6.07. The van der Waals surface area contributed by atoms with Crippen LogP contribution in [0.15, 0.2) is 44.1 Å². The summed E-state index contributed by atoms with van der Waals surface area (Å²) in [5.41, 5.74) is 2.55. The topological polar surface area (TPSA) is 107 Å². The molecule has 0 saturated carbocycles.